The molecule has 1 N–H and O–H groups in total. The minimum absolute atomic E-state index is 0.196. The molecule has 156 valence electrons. The molecule has 0 saturated carbocycles. The topological polar surface area (TPSA) is 67.2 Å². The fourth-order valence-electron chi connectivity index (χ4n) is 4.19. The molecule has 0 aliphatic carbocycles. The lowest BCUT2D eigenvalue weighted by Gasteiger charge is -2.35. The minimum Gasteiger partial charge on any atom is -0.450 e. The molecule has 3 heterocycles. The molecule has 1 aromatic heterocycles. The second-order valence-corrected chi connectivity index (χ2v) is 8.85. The Kier molecular flexibility index (Phi) is 6.30. The third kappa shape index (κ3) is 4.70. The number of aromatic nitrogens is 1. The van der Waals surface area contributed by atoms with Gasteiger partial charge in [-0.25, -0.2) is 9.78 Å². The van der Waals surface area contributed by atoms with Crippen LogP contribution in [-0.2, 0) is 9.53 Å². The number of quaternary nitrogens is 1. The fourth-order valence-corrected chi connectivity index (χ4v) is 5.33. The van der Waals surface area contributed by atoms with E-state index in [1.54, 1.807) is 11.8 Å². The van der Waals surface area contributed by atoms with Crippen molar-refractivity contribution in [3.8, 4) is 0 Å². The van der Waals surface area contributed by atoms with E-state index in [1.807, 2.05) is 22.3 Å². The Morgan fingerprint density at radius 2 is 1.83 bits per heavy atom. The molecule has 0 atom stereocenters. The standard InChI is InChI=1S/C21H28N4O3S/c1-2-28-21(27)25-13-11-24(12-14-25)19(26)15-23-9-7-16(8-10-23)20-22-17-5-3-4-6-18(17)29-20/h3-6,16H,2,7-15H2,1H3/p+1. The third-order valence-corrected chi connectivity index (χ3v) is 7.11. The van der Waals surface area contributed by atoms with Crippen molar-refractivity contribution in [2.24, 2.45) is 0 Å². The first kappa shape index (κ1) is 20.1. The van der Waals surface area contributed by atoms with E-state index in [2.05, 4.69) is 18.2 Å². The van der Waals surface area contributed by atoms with Crippen LogP contribution in [0.1, 0.15) is 30.7 Å². The number of piperazine rings is 1. The molecule has 8 heteroatoms. The van der Waals surface area contributed by atoms with Gasteiger partial charge in [0.25, 0.3) is 5.91 Å². The summed E-state index contributed by atoms with van der Waals surface area (Å²) in [5, 5.41) is 1.24. The molecule has 0 radical (unpaired) electrons. The summed E-state index contributed by atoms with van der Waals surface area (Å²) in [6.07, 6.45) is 1.89. The van der Waals surface area contributed by atoms with E-state index >= 15 is 0 Å². The van der Waals surface area contributed by atoms with Crippen LogP contribution in [0.25, 0.3) is 10.2 Å². The van der Waals surface area contributed by atoms with Crippen molar-refractivity contribution >= 4 is 33.6 Å². The van der Waals surface area contributed by atoms with Crippen molar-refractivity contribution < 1.29 is 19.2 Å². The second kappa shape index (κ2) is 9.09. The van der Waals surface area contributed by atoms with Crippen LogP contribution in [0.15, 0.2) is 24.3 Å². The Bertz CT molecular complexity index is 821. The number of hydrogen-bond acceptors (Lipinski definition) is 5. The van der Waals surface area contributed by atoms with E-state index in [1.165, 1.54) is 14.6 Å². The number of rotatable bonds is 4. The summed E-state index contributed by atoms with van der Waals surface area (Å²) in [7, 11) is 0. The maximum absolute atomic E-state index is 12.7. The van der Waals surface area contributed by atoms with Crippen LogP contribution in [0.2, 0.25) is 0 Å². The van der Waals surface area contributed by atoms with Crippen molar-refractivity contribution in [3.05, 3.63) is 29.3 Å². The molecule has 0 spiro atoms. The zero-order chi connectivity index (χ0) is 20.2. The van der Waals surface area contributed by atoms with Crippen molar-refractivity contribution in [2.45, 2.75) is 25.7 Å². The number of hydrogen-bond donors (Lipinski definition) is 1. The molecule has 0 bridgehead atoms. The second-order valence-electron chi connectivity index (χ2n) is 7.79. The van der Waals surface area contributed by atoms with E-state index in [9.17, 15) is 9.59 Å². The van der Waals surface area contributed by atoms with Crippen LogP contribution in [-0.4, -0.2) is 79.2 Å². The van der Waals surface area contributed by atoms with Crippen molar-refractivity contribution in [3.63, 3.8) is 0 Å². The Balaban J connectivity index is 1.23. The number of benzene rings is 1. The maximum Gasteiger partial charge on any atom is 0.409 e. The molecule has 2 aromatic rings. The Hall–Kier alpha value is -2.19. The van der Waals surface area contributed by atoms with Gasteiger partial charge in [0.05, 0.1) is 34.9 Å². The molecule has 2 aliphatic heterocycles. The zero-order valence-corrected chi connectivity index (χ0v) is 17.7. The number of amides is 2. The number of likely N-dealkylation sites (tertiary alicyclic amines) is 1. The summed E-state index contributed by atoms with van der Waals surface area (Å²) in [5.41, 5.74) is 1.10. The first-order valence-corrected chi connectivity index (χ1v) is 11.3. The summed E-state index contributed by atoms with van der Waals surface area (Å²) < 4.78 is 6.30. The number of piperidine rings is 1. The van der Waals surface area contributed by atoms with Gasteiger partial charge in [0.2, 0.25) is 0 Å². The van der Waals surface area contributed by atoms with Gasteiger partial charge in [0.1, 0.15) is 0 Å². The first-order chi connectivity index (χ1) is 14.1. The monoisotopic (exact) mass is 417 g/mol. The molecular weight excluding hydrogens is 388 g/mol. The number of para-hydroxylation sites is 1. The first-order valence-electron chi connectivity index (χ1n) is 10.5. The lowest BCUT2D eigenvalue weighted by molar-refractivity contribution is -0.897. The van der Waals surface area contributed by atoms with Gasteiger partial charge in [-0.3, -0.25) is 4.79 Å². The highest BCUT2D eigenvalue weighted by Gasteiger charge is 2.30. The number of nitrogens with one attached hydrogen (secondary N) is 1. The van der Waals surface area contributed by atoms with Gasteiger partial charge in [0, 0.05) is 44.9 Å². The van der Waals surface area contributed by atoms with Gasteiger partial charge in [0.15, 0.2) is 6.54 Å². The number of thiazole rings is 1. The Morgan fingerprint density at radius 3 is 2.52 bits per heavy atom. The molecule has 29 heavy (non-hydrogen) atoms. The van der Waals surface area contributed by atoms with Gasteiger partial charge < -0.3 is 19.4 Å². The molecule has 4 rings (SSSR count). The summed E-state index contributed by atoms with van der Waals surface area (Å²) in [4.78, 5) is 34.2. The number of ether oxygens (including phenoxy) is 1. The van der Waals surface area contributed by atoms with Crippen LogP contribution in [0.5, 0.6) is 0 Å². The van der Waals surface area contributed by atoms with E-state index < -0.39 is 0 Å². The fraction of sp³-hybridized carbons (Fsp3) is 0.571. The molecule has 2 amide bonds. The Morgan fingerprint density at radius 1 is 1.14 bits per heavy atom. The molecular formula is C21H29N4O3S+. The highest BCUT2D eigenvalue weighted by molar-refractivity contribution is 7.18. The van der Waals surface area contributed by atoms with Gasteiger partial charge >= 0.3 is 6.09 Å². The molecule has 1 aromatic carbocycles. The lowest BCUT2D eigenvalue weighted by Crippen LogP contribution is -3.14. The summed E-state index contributed by atoms with van der Waals surface area (Å²) in [5.74, 6) is 0.710. The largest absolute Gasteiger partial charge is 0.450 e. The molecule has 2 saturated heterocycles. The summed E-state index contributed by atoms with van der Waals surface area (Å²) in [6.45, 7) is 7.06. The van der Waals surface area contributed by atoms with Gasteiger partial charge in [-0.1, -0.05) is 12.1 Å². The molecule has 2 aliphatic rings. The van der Waals surface area contributed by atoms with Crippen molar-refractivity contribution in [1.29, 1.82) is 0 Å². The van der Waals surface area contributed by atoms with Crippen LogP contribution in [0, 0.1) is 0 Å². The molecule has 7 nitrogen and oxygen atoms in total. The molecule has 0 unspecified atom stereocenters. The average Bonchev–Trinajstić information content (AvgIpc) is 3.19. The van der Waals surface area contributed by atoms with Crippen LogP contribution in [0.4, 0.5) is 4.79 Å². The van der Waals surface area contributed by atoms with E-state index in [4.69, 9.17) is 9.72 Å². The van der Waals surface area contributed by atoms with Gasteiger partial charge in [-0.15, -0.1) is 11.3 Å². The highest BCUT2D eigenvalue weighted by atomic mass is 32.1. The average molecular weight is 418 g/mol. The summed E-state index contributed by atoms with van der Waals surface area (Å²) >= 11 is 1.81. The SMILES string of the molecule is CCOC(=O)N1CCN(C(=O)C[NH+]2CCC(c3nc4ccccc4s3)CC2)CC1. The van der Waals surface area contributed by atoms with Crippen LogP contribution >= 0.6 is 11.3 Å². The predicted molar refractivity (Wildman–Crippen MR) is 112 cm³/mol. The normalized spacial score (nSPS) is 22.7. The predicted octanol–water partition coefficient (Wildman–Crippen LogP) is 1.36. The van der Waals surface area contributed by atoms with Crippen molar-refractivity contribution in [1.82, 2.24) is 14.8 Å². The minimum atomic E-state index is -0.276. The van der Waals surface area contributed by atoms with Crippen molar-refractivity contribution in [2.75, 3.05) is 52.4 Å². The van der Waals surface area contributed by atoms with Gasteiger partial charge in [-0.05, 0) is 19.1 Å². The highest BCUT2D eigenvalue weighted by Crippen LogP contribution is 2.31. The number of nitrogens with zero attached hydrogens (tertiary/aromatic N) is 3. The van der Waals surface area contributed by atoms with Crippen LogP contribution in [0.3, 0.4) is 0 Å². The third-order valence-electron chi connectivity index (χ3n) is 5.91. The lowest BCUT2D eigenvalue weighted by atomic mass is 9.97. The quantitative estimate of drug-likeness (QED) is 0.816. The molecule has 2 fully saturated rings. The van der Waals surface area contributed by atoms with E-state index in [-0.39, 0.29) is 12.0 Å². The van der Waals surface area contributed by atoms with E-state index in [0.29, 0.717) is 45.2 Å². The summed E-state index contributed by atoms with van der Waals surface area (Å²) in [6, 6.07) is 8.32. The number of carbonyl (C=O) groups is 2. The smallest absolute Gasteiger partial charge is 0.409 e. The number of fused-ring (bicyclic) bond motifs is 1. The Labute approximate surface area is 175 Å². The number of carbonyl (C=O) groups excluding carboxylic acids is 2. The van der Waals surface area contributed by atoms with E-state index in [0.717, 1.165) is 31.4 Å². The van der Waals surface area contributed by atoms with Gasteiger partial charge in [-0.2, -0.15) is 0 Å². The maximum atomic E-state index is 12.7. The zero-order valence-electron chi connectivity index (χ0n) is 16.9. The van der Waals surface area contributed by atoms with Crippen LogP contribution < -0.4 is 4.90 Å².